The van der Waals surface area contributed by atoms with Crippen molar-refractivity contribution < 1.29 is 9.59 Å². The van der Waals surface area contributed by atoms with Gasteiger partial charge in [0.25, 0.3) is 0 Å². The molecule has 0 aliphatic carbocycles. The van der Waals surface area contributed by atoms with Crippen molar-refractivity contribution in [3.8, 4) is 5.69 Å². The van der Waals surface area contributed by atoms with E-state index in [0.29, 0.717) is 12.2 Å². The minimum absolute atomic E-state index is 0.00512. The lowest BCUT2D eigenvalue weighted by Crippen LogP contribution is -2.30. The first kappa shape index (κ1) is 17.8. The topological polar surface area (TPSA) is 93.0 Å². The summed E-state index contributed by atoms with van der Waals surface area (Å²) in [4.78, 5) is 26.9. The molecule has 1 aliphatic heterocycles. The maximum atomic E-state index is 12.7. The zero-order chi connectivity index (χ0) is 19.5. The zero-order valence-electron chi connectivity index (χ0n) is 15.4. The first-order chi connectivity index (χ1) is 13.6. The van der Waals surface area contributed by atoms with Gasteiger partial charge in [0.15, 0.2) is 0 Å². The van der Waals surface area contributed by atoms with Gasteiger partial charge in [0.2, 0.25) is 11.8 Å². The van der Waals surface area contributed by atoms with Crippen LogP contribution in [0.25, 0.3) is 5.69 Å². The molecule has 3 aromatic rings. The molecule has 2 atom stereocenters. The van der Waals surface area contributed by atoms with Gasteiger partial charge >= 0.3 is 0 Å². The number of nitrogens with one attached hydrogen (secondary N) is 1. The van der Waals surface area contributed by atoms with E-state index in [2.05, 4.69) is 20.8 Å². The van der Waals surface area contributed by atoms with Crippen LogP contribution >= 0.6 is 0 Å². The summed E-state index contributed by atoms with van der Waals surface area (Å²) in [7, 11) is 0. The first-order valence-corrected chi connectivity index (χ1v) is 9.10. The molecule has 0 spiro atoms. The van der Waals surface area contributed by atoms with Crippen LogP contribution in [-0.4, -0.2) is 43.5 Å². The number of rotatable bonds is 5. The van der Waals surface area contributed by atoms with Crippen LogP contribution in [0.15, 0.2) is 60.9 Å². The van der Waals surface area contributed by atoms with Gasteiger partial charge in [-0.2, -0.15) is 0 Å². The SMILES string of the molecule is C[C@H](c1ccccc1)N1C[C@H](C(=O)Nc2ccc(-n3cnnn3)cc2)CC1=O. The Balaban J connectivity index is 1.39. The average molecular weight is 376 g/mol. The summed E-state index contributed by atoms with van der Waals surface area (Å²) in [6.07, 6.45) is 1.73. The monoisotopic (exact) mass is 376 g/mol. The van der Waals surface area contributed by atoms with E-state index in [0.717, 1.165) is 11.3 Å². The van der Waals surface area contributed by atoms with Crippen molar-refractivity contribution in [2.75, 3.05) is 11.9 Å². The number of likely N-dealkylation sites (tertiary alicyclic amines) is 1. The molecule has 0 bridgehead atoms. The molecule has 8 nitrogen and oxygen atoms in total. The maximum absolute atomic E-state index is 12.7. The molecule has 1 aromatic heterocycles. The van der Waals surface area contributed by atoms with Gasteiger partial charge < -0.3 is 10.2 Å². The molecule has 2 amide bonds. The molecule has 0 unspecified atom stereocenters. The van der Waals surface area contributed by atoms with Crippen molar-refractivity contribution >= 4 is 17.5 Å². The lowest BCUT2D eigenvalue weighted by molar-refractivity contribution is -0.129. The second kappa shape index (κ2) is 7.59. The number of anilines is 1. The van der Waals surface area contributed by atoms with Crippen molar-refractivity contribution in [2.45, 2.75) is 19.4 Å². The first-order valence-electron chi connectivity index (χ1n) is 9.10. The van der Waals surface area contributed by atoms with E-state index in [1.807, 2.05) is 49.4 Å². The van der Waals surface area contributed by atoms with Gasteiger partial charge in [0, 0.05) is 18.7 Å². The van der Waals surface area contributed by atoms with E-state index in [4.69, 9.17) is 0 Å². The fourth-order valence-corrected chi connectivity index (χ4v) is 3.41. The number of hydrogen-bond acceptors (Lipinski definition) is 5. The molecule has 8 heteroatoms. The summed E-state index contributed by atoms with van der Waals surface area (Å²) < 4.78 is 1.53. The van der Waals surface area contributed by atoms with Crippen LogP contribution in [0, 0.1) is 5.92 Å². The molecular formula is C20H20N6O2. The standard InChI is InChI=1S/C20H20N6O2/c1-14(15-5-3-2-4-6-15)25-12-16(11-19(25)27)20(28)22-17-7-9-18(10-8-17)26-13-21-23-24-26/h2-10,13-14,16H,11-12H2,1H3,(H,22,28)/t14-,16-/m1/s1. The summed E-state index contributed by atoms with van der Waals surface area (Å²) in [6.45, 7) is 2.41. The Kier molecular flexibility index (Phi) is 4.84. The van der Waals surface area contributed by atoms with E-state index in [-0.39, 0.29) is 30.2 Å². The van der Waals surface area contributed by atoms with E-state index in [9.17, 15) is 9.59 Å². The molecule has 1 fully saturated rings. The summed E-state index contributed by atoms with van der Waals surface area (Å²) in [5.74, 6) is -0.505. The van der Waals surface area contributed by atoms with Crippen LogP contribution in [0.5, 0.6) is 0 Å². The predicted octanol–water partition coefficient (Wildman–Crippen LogP) is 2.21. The molecule has 1 N–H and O–H groups in total. The second-order valence-corrected chi connectivity index (χ2v) is 6.82. The number of tetrazole rings is 1. The average Bonchev–Trinajstić information content (AvgIpc) is 3.39. The third kappa shape index (κ3) is 3.62. The lowest BCUT2D eigenvalue weighted by Gasteiger charge is -2.25. The third-order valence-electron chi connectivity index (χ3n) is 5.03. The zero-order valence-corrected chi connectivity index (χ0v) is 15.4. The second-order valence-electron chi connectivity index (χ2n) is 6.82. The third-order valence-corrected chi connectivity index (χ3v) is 5.03. The Morgan fingerprint density at radius 3 is 2.57 bits per heavy atom. The number of amides is 2. The van der Waals surface area contributed by atoms with E-state index < -0.39 is 0 Å². The van der Waals surface area contributed by atoms with E-state index >= 15 is 0 Å². The van der Waals surface area contributed by atoms with Crippen molar-refractivity contribution in [1.29, 1.82) is 0 Å². The Morgan fingerprint density at radius 1 is 1.14 bits per heavy atom. The van der Waals surface area contributed by atoms with Crippen LogP contribution in [0.1, 0.15) is 24.9 Å². The molecule has 2 aromatic carbocycles. The van der Waals surface area contributed by atoms with Gasteiger partial charge in [-0.15, -0.1) is 5.10 Å². The normalized spacial score (nSPS) is 17.5. The predicted molar refractivity (Wildman–Crippen MR) is 102 cm³/mol. The number of hydrogen-bond donors (Lipinski definition) is 1. The fourth-order valence-electron chi connectivity index (χ4n) is 3.41. The van der Waals surface area contributed by atoms with Crippen LogP contribution in [-0.2, 0) is 9.59 Å². The Morgan fingerprint density at radius 2 is 1.89 bits per heavy atom. The summed E-state index contributed by atoms with van der Waals surface area (Å²) in [6, 6.07) is 17.0. The molecule has 1 saturated heterocycles. The number of carbonyl (C=O) groups excluding carboxylic acids is 2. The molecule has 28 heavy (non-hydrogen) atoms. The Labute approximate surface area is 162 Å². The number of carbonyl (C=O) groups is 2. The molecule has 0 radical (unpaired) electrons. The molecule has 0 saturated carbocycles. The molecule has 142 valence electrons. The minimum Gasteiger partial charge on any atom is -0.335 e. The Hall–Kier alpha value is -3.55. The maximum Gasteiger partial charge on any atom is 0.229 e. The highest BCUT2D eigenvalue weighted by Gasteiger charge is 2.37. The summed E-state index contributed by atoms with van der Waals surface area (Å²) in [5, 5.41) is 13.9. The van der Waals surface area contributed by atoms with E-state index in [1.54, 1.807) is 17.0 Å². The fraction of sp³-hybridized carbons (Fsp3) is 0.250. The summed E-state index contributed by atoms with van der Waals surface area (Å²) >= 11 is 0. The lowest BCUT2D eigenvalue weighted by atomic mass is 10.1. The molecule has 4 rings (SSSR count). The van der Waals surface area contributed by atoms with Gasteiger partial charge in [-0.05, 0) is 47.2 Å². The highest BCUT2D eigenvalue weighted by molar-refractivity contribution is 5.97. The van der Waals surface area contributed by atoms with Crippen LogP contribution in [0.4, 0.5) is 5.69 Å². The Bertz CT molecular complexity index is 956. The van der Waals surface area contributed by atoms with Crippen molar-refractivity contribution in [1.82, 2.24) is 25.1 Å². The van der Waals surface area contributed by atoms with Gasteiger partial charge in [0.05, 0.1) is 17.6 Å². The van der Waals surface area contributed by atoms with Crippen LogP contribution < -0.4 is 5.32 Å². The van der Waals surface area contributed by atoms with Crippen LogP contribution in [0.3, 0.4) is 0 Å². The number of benzene rings is 2. The smallest absolute Gasteiger partial charge is 0.229 e. The van der Waals surface area contributed by atoms with Gasteiger partial charge in [-0.1, -0.05) is 30.3 Å². The quantitative estimate of drug-likeness (QED) is 0.737. The van der Waals surface area contributed by atoms with Gasteiger partial charge in [-0.3, -0.25) is 9.59 Å². The van der Waals surface area contributed by atoms with Crippen LogP contribution in [0.2, 0.25) is 0 Å². The van der Waals surface area contributed by atoms with Gasteiger partial charge in [-0.25, -0.2) is 4.68 Å². The highest BCUT2D eigenvalue weighted by Crippen LogP contribution is 2.29. The van der Waals surface area contributed by atoms with Gasteiger partial charge in [0.1, 0.15) is 6.33 Å². The molecule has 2 heterocycles. The van der Waals surface area contributed by atoms with E-state index in [1.165, 1.54) is 11.0 Å². The molecule has 1 aliphatic rings. The van der Waals surface area contributed by atoms with Crippen molar-refractivity contribution in [3.05, 3.63) is 66.5 Å². The largest absolute Gasteiger partial charge is 0.335 e. The minimum atomic E-state index is -0.363. The van der Waals surface area contributed by atoms with Crippen molar-refractivity contribution in [2.24, 2.45) is 5.92 Å². The van der Waals surface area contributed by atoms with Crippen molar-refractivity contribution in [3.63, 3.8) is 0 Å². The molecular weight excluding hydrogens is 356 g/mol. The highest BCUT2D eigenvalue weighted by atomic mass is 16.2. The number of aromatic nitrogens is 4. The number of nitrogens with zero attached hydrogens (tertiary/aromatic N) is 5. The summed E-state index contributed by atoms with van der Waals surface area (Å²) in [5.41, 5.74) is 2.53.